The van der Waals surface area contributed by atoms with Crippen LogP contribution in [0.2, 0.25) is 0 Å². The highest BCUT2D eigenvalue weighted by Crippen LogP contribution is 2.29. The van der Waals surface area contributed by atoms with E-state index in [1.807, 2.05) is 24.3 Å². The summed E-state index contributed by atoms with van der Waals surface area (Å²) in [6.07, 6.45) is -0.0152. The molecule has 0 aromatic heterocycles. The first kappa shape index (κ1) is 20.9. The lowest BCUT2D eigenvalue weighted by molar-refractivity contribution is -0.137. The minimum absolute atomic E-state index is 0.0242. The van der Waals surface area contributed by atoms with Crippen LogP contribution >= 0.6 is 12.2 Å². The molecule has 2 N–H and O–H groups in total. The third-order valence-corrected chi connectivity index (χ3v) is 4.16. The number of halogens is 3. The fraction of sp³-hybridized carbons (Fsp3) is 0.300. The van der Waals surface area contributed by atoms with Crippen molar-refractivity contribution in [1.29, 1.82) is 0 Å². The molecule has 0 aliphatic carbocycles. The van der Waals surface area contributed by atoms with Crippen molar-refractivity contribution in [3.63, 3.8) is 0 Å². The second-order valence-corrected chi connectivity index (χ2v) is 6.55. The molecule has 0 unspecified atom stereocenters. The molecule has 27 heavy (non-hydrogen) atoms. The van der Waals surface area contributed by atoms with Gasteiger partial charge in [-0.1, -0.05) is 38.0 Å². The molecule has 0 saturated heterocycles. The van der Waals surface area contributed by atoms with E-state index in [0.717, 1.165) is 25.0 Å². The van der Waals surface area contributed by atoms with Crippen molar-refractivity contribution in [2.45, 2.75) is 38.8 Å². The van der Waals surface area contributed by atoms with Crippen LogP contribution in [-0.2, 0) is 12.6 Å². The summed E-state index contributed by atoms with van der Waals surface area (Å²) in [7, 11) is 0. The van der Waals surface area contributed by atoms with Crippen LogP contribution in [0.15, 0.2) is 48.5 Å². The van der Waals surface area contributed by atoms with Gasteiger partial charge in [0.2, 0.25) is 0 Å². The highest BCUT2D eigenvalue weighted by atomic mass is 32.1. The number of unbranched alkanes of at least 4 members (excludes halogenated alkanes) is 2. The fourth-order valence-electron chi connectivity index (χ4n) is 2.51. The average Bonchev–Trinajstić information content (AvgIpc) is 2.62. The van der Waals surface area contributed by atoms with Crippen LogP contribution in [0.4, 0.5) is 18.9 Å². The molecule has 3 nitrogen and oxygen atoms in total. The summed E-state index contributed by atoms with van der Waals surface area (Å²) in [5.74, 6) is -0.699. The van der Waals surface area contributed by atoms with Gasteiger partial charge < -0.3 is 5.32 Å². The Balaban J connectivity index is 1.92. The predicted octanol–water partition coefficient (Wildman–Crippen LogP) is 5.56. The van der Waals surface area contributed by atoms with Crippen molar-refractivity contribution in [3.05, 3.63) is 65.2 Å². The van der Waals surface area contributed by atoms with E-state index in [1.54, 1.807) is 0 Å². The van der Waals surface area contributed by atoms with Gasteiger partial charge in [-0.3, -0.25) is 10.1 Å². The maximum atomic E-state index is 12.7. The van der Waals surface area contributed by atoms with Crippen molar-refractivity contribution < 1.29 is 18.0 Å². The molecule has 0 atom stereocenters. The quantitative estimate of drug-likeness (QED) is 0.497. The zero-order valence-electron chi connectivity index (χ0n) is 14.9. The number of amides is 1. The minimum atomic E-state index is -4.51. The number of rotatable bonds is 6. The Labute approximate surface area is 162 Å². The van der Waals surface area contributed by atoms with Crippen molar-refractivity contribution in [2.24, 2.45) is 0 Å². The molecule has 0 saturated carbocycles. The Hall–Kier alpha value is -2.41. The summed E-state index contributed by atoms with van der Waals surface area (Å²) in [5, 5.41) is 5.28. The second kappa shape index (κ2) is 9.50. The Morgan fingerprint density at radius 2 is 1.78 bits per heavy atom. The van der Waals surface area contributed by atoms with E-state index in [0.29, 0.717) is 5.69 Å². The zero-order valence-corrected chi connectivity index (χ0v) is 15.7. The molecule has 0 aliphatic heterocycles. The van der Waals surface area contributed by atoms with Gasteiger partial charge in [-0.05, 0) is 61.0 Å². The lowest BCUT2D eigenvalue weighted by atomic mass is 10.1. The first-order chi connectivity index (χ1) is 12.8. The van der Waals surface area contributed by atoms with Crippen molar-refractivity contribution in [1.82, 2.24) is 5.32 Å². The number of anilines is 1. The molecule has 2 rings (SSSR count). The molecule has 0 radical (unpaired) electrons. The van der Waals surface area contributed by atoms with Crippen LogP contribution in [0.1, 0.15) is 47.7 Å². The highest BCUT2D eigenvalue weighted by molar-refractivity contribution is 7.80. The largest absolute Gasteiger partial charge is 0.416 e. The predicted molar refractivity (Wildman–Crippen MR) is 105 cm³/mol. The van der Waals surface area contributed by atoms with E-state index in [9.17, 15) is 18.0 Å². The number of alkyl halides is 3. The monoisotopic (exact) mass is 394 g/mol. The molecule has 2 aromatic carbocycles. The molecular weight excluding hydrogens is 373 g/mol. The summed E-state index contributed by atoms with van der Waals surface area (Å²) < 4.78 is 38.2. The van der Waals surface area contributed by atoms with Crippen molar-refractivity contribution in [2.75, 3.05) is 5.32 Å². The fourth-order valence-corrected chi connectivity index (χ4v) is 2.72. The summed E-state index contributed by atoms with van der Waals surface area (Å²) in [6.45, 7) is 2.15. The van der Waals surface area contributed by atoms with Crippen LogP contribution in [0.5, 0.6) is 0 Å². The van der Waals surface area contributed by atoms with Crippen LogP contribution in [0.3, 0.4) is 0 Å². The van der Waals surface area contributed by atoms with Gasteiger partial charge in [0, 0.05) is 11.3 Å². The Bertz CT molecular complexity index is 789. The summed E-state index contributed by atoms with van der Waals surface area (Å²) in [4.78, 5) is 12.1. The van der Waals surface area contributed by atoms with Gasteiger partial charge in [0.1, 0.15) is 0 Å². The zero-order chi connectivity index (χ0) is 19.9. The van der Waals surface area contributed by atoms with Crippen LogP contribution in [0.25, 0.3) is 0 Å². The van der Waals surface area contributed by atoms with Gasteiger partial charge in [-0.25, -0.2) is 0 Å². The molecule has 0 spiro atoms. The summed E-state index contributed by atoms with van der Waals surface area (Å²) >= 11 is 5.07. The number of carbonyl (C=O) groups is 1. The Morgan fingerprint density at radius 3 is 2.41 bits per heavy atom. The van der Waals surface area contributed by atoms with Crippen LogP contribution in [0, 0.1) is 0 Å². The number of benzene rings is 2. The molecule has 7 heteroatoms. The standard InChI is InChI=1S/C20H21F3N2OS/c1-2-3-4-6-14-9-11-17(12-10-14)24-19(27)25-18(26)15-7-5-8-16(13-15)20(21,22)23/h5,7-13H,2-4,6H2,1H3,(H2,24,25,26,27). The van der Waals surface area contributed by atoms with Gasteiger partial charge in [-0.2, -0.15) is 13.2 Å². The first-order valence-electron chi connectivity index (χ1n) is 8.68. The third-order valence-electron chi connectivity index (χ3n) is 3.96. The Morgan fingerprint density at radius 1 is 1.07 bits per heavy atom. The lowest BCUT2D eigenvalue weighted by Crippen LogP contribution is -2.34. The first-order valence-corrected chi connectivity index (χ1v) is 9.09. The van der Waals surface area contributed by atoms with Gasteiger partial charge in [0.25, 0.3) is 5.91 Å². The van der Waals surface area contributed by atoms with Gasteiger partial charge in [0.05, 0.1) is 5.56 Å². The van der Waals surface area contributed by atoms with Crippen LogP contribution in [-0.4, -0.2) is 11.0 Å². The smallest absolute Gasteiger partial charge is 0.332 e. The van der Waals surface area contributed by atoms with Crippen molar-refractivity contribution >= 4 is 28.9 Å². The number of carbonyl (C=O) groups excluding carboxylic acids is 1. The van der Waals surface area contributed by atoms with Crippen molar-refractivity contribution in [3.8, 4) is 0 Å². The highest BCUT2D eigenvalue weighted by Gasteiger charge is 2.30. The van der Waals surface area contributed by atoms with Gasteiger partial charge >= 0.3 is 6.18 Å². The van der Waals surface area contributed by atoms with E-state index in [1.165, 1.54) is 30.5 Å². The molecule has 0 fully saturated rings. The average molecular weight is 394 g/mol. The van der Waals surface area contributed by atoms with E-state index in [4.69, 9.17) is 12.2 Å². The molecule has 0 heterocycles. The topological polar surface area (TPSA) is 41.1 Å². The maximum absolute atomic E-state index is 12.7. The number of aryl methyl sites for hydroxylation is 1. The van der Waals surface area contributed by atoms with E-state index < -0.39 is 17.6 Å². The molecule has 2 aromatic rings. The Kier molecular flexibility index (Phi) is 7.36. The SMILES string of the molecule is CCCCCc1ccc(NC(=S)NC(=O)c2cccc(C(F)(F)F)c2)cc1. The van der Waals surface area contributed by atoms with Crippen LogP contribution < -0.4 is 10.6 Å². The normalized spacial score (nSPS) is 11.1. The third kappa shape index (κ3) is 6.67. The molecule has 1 amide bonds. The molecular formula is C20H21F3N2OS. The summed E-state index contributed by atoms with van der Waals surface area (Å²) in [5.41, 5.74) is 0.921. The number of nitrogens with one attached hydrogen (secondary N) is 2. The summed E-state index contributed by atoms with van der Waals surface area (Å²) in [6, 6.07) is 11.9. The number of hydrogen-bond donors (Lipinski definition) is 2. The second-order valence-electron chi connectivity index (χ2n) is 6.14. The molecule has 144 valence electrons. The van der Waals surface area contributed by atoms with E-state index in [2.05, 4.69) is 17.6 Å². The van der Waals surface area contributed by atoms with E-state index in [-0.39, 0.29) is 10.7 Å². The maximum Gasteiger partial charge on any atom is 0.416 e. The van der Waals surface area contributed by atoms with Gasteiger partial charge in [-0.15, -0.1) is 0 Å². The minimum Gasteiger partial charge on any atom is -0.332 e. The lowest BCUT2D eigenvalue weighted by Gasteiger charge is -2.11. The molecule has 0 aliphatic rings. The number of thiocarbonyl (C=S) groups is 1. The van der Waals surface area contributed by atoms with E-state index >= 15 is 0 Å². The van der Waals surface area contributed by atoms with Gasteiger partial charge in [0.15, 0.2) is 5.11 Å². The molecule has 0 bridgehead atoms. The number of hydrogen-bond acceptors (Lipinski definition) is 2.